The monoisotopic (exact) mass is 769 g/mol. The maximum absolute atomic E-state index is 12.4. The molecule has 0 aliphatic carbocycles. The van der Waals surface area contributed by atoms with E-state index < -0.39 is 50.7 Å². The van der Waals surface area contributed by atoms with Gasteiger partial charge in [0.15, 0.2) is 0 Å². The van der Waals surface area contributed by atoms with Crippen LogP contribution in [-0.2, 0) is 30.4 Å². The van der Waals surface area contributed by atoms with Gasteiger partial charge in [0.05, 0.1) is 27.6 Å². The molecule has 0 spiro atoms. The molecule has 6 aromatic rings. The lowest BCUT2D eigenvalue weighted by Gasteiger charge is -2.13. The van der Waals surface area contributed by atoms with Gasteiger partial charge in [-0.3, -0.25) is 13.7 Å². The first-order chi connectivity index (χ1) is 24.0. The summed E-state index contributed by atoms with van der Waals surface area (Å²) in [5.41, 5.74) is 5.94. The van der Waals surface area contributed by atoms with Crippen LogP contribution in [-0.4, -0.2) is 53.9 Å². The van der Waals surface area contributed by atoms with Gasteiger partial charge in [0.2, 0.25) is 17.2 Å². The highest BCUT2D eigenvalue weighted by atomic mass is 35.5. The van der Waals surface area contributed by atoms with E-state index in [4.69, 9.17) is 17.3 Å². The van der Waals surface area contributed by atoms with E-state index in [1.807, 2.05) is 0 Å². The second-order valence-corrected chi connectivity index (χ2v) is 14.9. The Balaban J connectivity index is 1.43. The number of anilines is 3. The van der Waals surface area contributed by atoms with E-state index in [1.165, 1.54) is 36.4 Å². The summed E-state index contributed by atoms with van der Waals surface area (Å²) in [6, 6.07) is 19.1. The van der Waals surface area contributed by atoms with Crippen LogP contribution in [0.25, 0.3) is 21.5 Å². The molecular formula is C29H20ClN9O9S3. The van der Waals surface area contributed by atoms with Crippen LogP contribution >= 0.6 is 11.6 Å². The molecule has 0 aliphatic rings. The molecule has 0 atom stereocenters. The molecule has 0 fully saturated rings. The molecule has 0 amide bonds. The number of halogens is 1. The number of nitrogen functional groups attached to an aromatic ring is 1. The van der Waals surface area contributed by atoms with Gasteiger partial charge in [-0.25, -0.2) is 0 Å². The van der Waals surface area contributed by atoms with E-state index in [0.717, 1.165) is 18.2 Å². The van der Waals surface area contributed by atoms with Crippen LogP contribution in [0.1, 0.15) is 0 Å². The Morgan fingerprint density at radius 1 is 0.588 bits per heavy atom. The zero-order valence-electron chi connectivity index (χ0n) is 25.2. The Morgan fingerprint density at radius 2 is 1.14 bits per heavy atom. The molecule has 0 radical (unpaired) electrons. The van der Waals surface area contributed by atoms with Crippen molar-refractivity contribution in [3.8, 4) is 0 Å². The number of nitrogens with two attached hydrogens (primary N) is 1. The molecule has 0 unspecified atom stereocenters. The molecular weight excluding hydrogens is 750 g/mol. The summed E-state index contributed by atoms with van der Waals surface area (Å²) in [6.45, 7) is 0. The number of aromatic nitrogens is 3. The van der Waals surface area contributed by atoms with Crippen molar-refractivity contribution in [3.63, 3.8) is 0 Å². The normalized spacial score (nSPS) is 12.7. The minimum Gasteiger partial charge on any atom is -0.368 e. The van der Waals surface area contributed by atoms with E-state index in [9.17, 15) is 38.9 Å². The zero-order chi connectivity index (χ0) is 36.7. The fourth-order valence-corrected chi connectivity index (χ4v) is 6.92. The van der Waals surface area contributed by atoms with Crippen molar-refractivity contribution in [2.75, 3.05) is 11.1 Å². The number of azo groups is 2. The first kappa shape index (κ1) is 35.3. The van der Waals surface area contributed by atoms with Gasteiger partial charge in [0.25, 0.3) is 30.4 Å². The fourth-order valence-electron chi connectivity index (χ4n) is 4.92. The summed E-state index contributed by atoms with van der Waals surface area (Å²) >= 11 is 5.89. The van der Waals surface area contributed by atoms with Crippen LogP contribution in [0.5, 0.6) is 0 Å². The van der Waals surface area contributed by atoms with Crippen molar-refractivity contribution in [3.05, 3.63) is 90.2 Å². The third kappa shape index (κ3) is 7.63. The van der Waals surface area contributed by atoms with Gasteiger partial charge in [-0.05, 0) is 60.1 Å². The van der Waals surface area contributed by atoms with Crippen LogP contribution in [0.2, 0.25) is 5.28 Å². The molecule has 5 aromatic carbocycles. The Bertz CT molecular complexity index is 2780. The van der Waals surface area contributed by atoms with Crippen LogP contribution in [0.3, 0.4) is 0 Å². The third-order valence-corrected chi connectivity index (χ3v) is 9.86. The molecule has 22 heteroatoms. The first-order valence-corrected chi connectivity index (χ1v) is 18.6. The maximum atomic E-state index is 12.4. The Labute approximate surface area is 293 Å². The highest BCUT2D eigenvalue weighted by Gasteiger charge is 2.21. The molecule has 0 saturated heterocycles. The molecule has 6 N–H and O–H groups in total. The lowest BCUT2D eigenvalue weighted by Crippen LogP contribution is -2.05. The molecule has 0 saturated carbocycles. The highest BCUT2D eigenvalue weighted by Crippen LogP contribution is 2.40. The topological polar surface area (TPSA) is 289 Å². The standard InChI is InChI=1S/C29H20ClN9O9S3/c30-27-33-28(31)35-29(34-27)32-22-12-11-21(18-6-3-7-25(26(18)22)51(46,47)48)38-36-19-9-10-20(17-5-2-1-4-16(17)19)37-39-23-14-15(49(40,41)42)8-13-24(23)50(43,44)45/h1-14H,(H,40,41,42)(H,43,44,45)(H,46,47,48)(H3,31,32,33,34,35). The second kappa shape index (κ2) is 13.3. The lowest BCUT2D eigenvalue weighted by atomic mass is 10.1. The summed E-state index contributed by atoms with van der Waals surface area (Å²) in [6.07, 6.45) is 0. The lowest BCUT2D eigenvalue weighted by molar-refractivity contribution is 0.478. The SMILES string of the molecule is Nc1nc(Cl)nc(Nc2ccc(N=Nc3ccc(N=Nc4cc(S(=O)(=O)O)ccc4S(=O)(=O)O)c4ccccc34)c3cccc(S(=O)(=O)O)c23)n1. The first-order valence-electron chi connectivity index (χ1n) is 13.9. The van der Waals surface area contributed by atoms with Crippen LogP contribution < -0.4 is 11.1 Å². The van der Waals surface area contributed by atoms with Gasteiger partial charge in [-0.2, -0.15) is 40.2 Å². The van der Waals surface area contributed by atoms with Gasteiger partial charge in [0.1, 0.15) is 15.5 Å². The summed E-state index contributed by atoms with van der Waals surface area (Å²) in [5.74, 6) is -0.298. The number of nitrogens with zero attached hydrogens (tertiary/aromatic N) is 7. The van der Waals surface area contributed by atoms with E-state index in [0.29, 0.717) is 16.5 Å². The number of hydrogen-bond donors (Lipinski definition) is 5. The summed E-state index contributed by atoms with van der Waals surface area (Å²) in [7, 11) is -14.4. The minimum atomic E-state index is -4.86. The van der Waals surface area contributed by atoms with Crippen molar-refractivity contribution < 1.29 is 38.9 Å². The smallest absolute Gasteiger partial charge is 0.296 e. The highest BCUT2D eigenvalue weighted by molar-refractivity contribution is 7.86. The fraction of sp³-hybridized carbons (Fsp3) is 0. The predicted octanol–water partition coefficient (Wildman–Crippen LogP) is 6.73. The number of benzene rings is 5. The molecule has 1 heterocycles. The Hall–Kier alpha value is -5.55. The summed E-state index contributed by atoms with van der Waals surface area (Å²) < 4.78 is 101. The second-order valence-electron chi connectivity index (χ2n) is 10.3. The zero-order valence-corrected chi connectivity index (χ0v) is 28.4. The van der Waals surface area contributed by atoms with Gasteiger partial charge >= 0.3 is 0 Å². The molecule has 6 rings (SSSR count). The Kier molecular flexibility index (Phi) is 9.20. The van der Waals surface area contributed by atoms with Crippen molar-refractivity contribution in [1.82, 2.24) is 15.0 Å². The Morgan fingerprint density at radius 3 is 1.71 bits per heavy atom. The maximum Gasteiger partial charge on any atom is 0.296 e. The molecule has 51 heavy (non-hydrogen) atoms. The minimum absolute atomic E-state index is 0.0227. The van der Waals surface area contributed by atoms with Crippen molar-refractivity contribution in [2.24, 2.45) is 20.5 Å². The van der Waals surface area contributed by atoms with Gasteiger partial charge < -0.3 is 11.1 Å². The van der Waals surface area contributed by atoms with E-state index >= 15 is 0 Å². The number of nitrogens with one attached hydrogen (secondary N) is 1. The average Bonchev–Trinajstić information content (AvgIpc) is 3.05. The summed E-state index contributed by atoms with van der Waals surface area (Å²) in [4.78, 5) is 9.68. The van der Waals surface area contributed by atoms with Crippen molar-refractivity contribution in [1.29, 1.82) is 0 Å². The van der Waals surface area contributed by atoms with E-state index in [2.05, 4.69) is 40.7 Å². The molecule has 0 aliphatic heterocycles. The predicted molar refractivity (Wildman–Crippen MR) is 185 cm³/mol. The van der Waals surface area contributed by atoms with Crippen LogP contribution in [0.15, 0.2) is 120 Å². The average molecular weight is 770 g/mol. The molecule has 0 bridgehead atoms. The van der Waals surface area contributed by atoms with Gasteiger partial charge in [-0.15, -0.1) is 20.5 Å². The van der Waals surface area contributed by atoms with E-state index in [1.54, 1.807) is 30.3 Å². The largest absolute Gasteiger partial charge is 0.368 e. The van der Waals surface area contributed by atoms with Gasteiger partial charge in [0, 0.05) is 21.5 Å². The molecule has 1 aromatic heterocycles. The summed E-state index contributed by atoms with van der Waals surface area (Å²) in [5, 5.41) is 20.5. The van der Waals surface area contributed by atoms with Crippen LogP contribution in [0, 0.1) is 0 Å². The number of hydrogen-bond acceptors (Lipinski definition) is 15. The molecule has 18 nitrogen and oxygen atoms in total. The quantitative estimate of drug-likeness (QED) is 0.0753. The van der Waals surface area contributed by atoms with E-state index in [-0.39, 0.29) is 45.0 Å². The number of rotatable bonds is 9. The van der Waals surface area contributed by atoms with Crippen LogP contribution in [0.4, 0.5) is 40.3 Å². The van der Waals surface area contributed by atoms with Gasteiger partial charge in [-0.1, -0.05) is 36.4 Å². The number of fused-ring (bicyclic) bond motifs is 2. The third-order valence-electron chi connectivity index (χ3n) is 7.04. The van der Waals surface area contributed by atoms with Crippen molar-refractivity contribution >= 4 is 104 Å². The molecule has 260 valence electrons. The van der Waals surface area contributed by atoms with Crippen molar-refractivity contribution in [2.45, 2.75) is 14.7 Å².